The highest BCUT2D eigenvalue weighted by molar-refractivity contribution is 5.94. The van der Waals surface area contributed by atoms with E-state index < -0.39 is 6.10 Å². The van der Waals surface area contributed by atoms with Crippen LogP contribution in [0.25, 0.3) is 0 Å². The van der Waals surface area contributed by atoms with Crippen LogP contribution < -0.4 is 5.32 Å². The highest BCUT2D eigenvalue weighted by Gasteiger charge is 2.54. The second-order valence-corrected chi connectivity index (χ2v) is 11.4. The predicted octanol–water partition coefficient (Wildman–Crippen LogP) is 4.03. The van der Waals surface area contributed by atoms with Crippen LogP contribution in [-0.4, -0.2) is 53.2 Å². The number of aliphatic hydroxyl groups is 1. The molecule has 3 heterocycles. The van der Waals surface area contributed by atoms with Crippen molar-refractivity contribution in [1.82, 2.24) is 10.2 Å². The van der Waals surface area contributed by atoms with Crippen LogP contribution in [0, 0.1) is 11.3 Å². The first-order chi connectivity index (χ1) is 17.5. The van der Waals surface area contributed by atoms with Crippen LogP contribution >= 0.6 is 0 Å². The summed E-state index contributed by atoms with van der Waals surface area (Å²) >= 11 is 0. The lowest BCUT2D eigenvalue weighted by atomic mass is 9.75. The topological polar surface area (TPSA) is 78.9 Å². The fourth-order valence-corrected chi connectivity index (χ4v) is 6.44. The van der Waals surface area contributed by atoms with Crippen molar-refractivity contribution in [3.05, 3.63) is 71.3 Å². The average Bonchev–Trinajstić information content (AvgIpc) is 3.59. The Morgan fingerprint density at radius 1 is 1.03 bits per heavy atom. The van der Waals surface area contributed by atoms with E-state index in [1.807, 2.05) is 47.4 Å². The minimum atomic E-state index is -0.495. The Labute approximate surface area is 213 Å². The molecule has 6 rings (SSSR count). The minimum absolute atomic E-state index is 0.0325. The normalized spacial score (nSPS) is 28.3. The lowest BCUT2D eigenvalue weighted by Gasteiger charge is -2.36. The number of likely N-dealkylation sites (tertiary alicyclic amines) is 1. The highest BCUT2D eigenvalue weighted by atomic mass is 16.6. The molecule has 6 nitrogen and oxygen atoms in total. The maximum Gasteiger partial charge on any atom is 0.312 e. The lowest BCUT2D eigenvalue weighted by molar-refractivity contribution is -0.151. The summed E-state index contributed by atoms with van der Waals surface area (Å²) in [4.78, 5) is 27.6. The Bertz CT molecular complexity index is 1090. The fraction of sp³-hybridized carbons (Fsp3) is 0.533. The van der Waals surface area contributed by atoms with Gasteiger partial charge >= 0.3 is 5.97 Å². The zero-order valence-electron chi connectivity index (χ0n) is 20.8. The molecule has 4 aliphatic rings. The Morgan fingerprint density at radius 3 is 2.44 bits per heavy atom. The van der Waals surface area contributed by atoms with Gasteiger partial charge in [-0.1, -0.05) is 42.5 Å². The molecule has 0 unspecified atom stereocenters. The molecule has 6 heteroatoms. The van der Waals surface area contributed by atoms with Crippen molar-refractivity contribution < 1.29 is 19.4 Å². The molecule has 1 aliphatic carbocycles. The number of rotatable bonds is 6. The van der Waals surface area contributed by atoms with Crippen LogP contribution in [0.2, 0.25) is 0 Å². The van der Waals surface area contributed by atoms with Gasteiger partial charge in [0.1, 0.15) is 6.10 Å². The second kappa shape index (κ2) is 9.64. The van der Waals surface area contributed by atoms with E-state index in [-0.39, 0.29) is 29.4 Å². The number of aliphatic hydroxyl groups excluding tert-OH is 1. The van der Waals surface area contributed by atoms with Gasteiger partial charge in [-0.25, -0.2) is 0 Å². The standard InChI is InChI=1S/C30H36N2O4/c33-27(22-4-2-1-3-5-22)25-13-12-24(31-25)18-20-6-8-23(9-7-20)28(34)32-16-14-30(15-17-32)19-26(21-10-11-21)36-29(30)35/h1-9,21,24-27,31,33H,10-19H2/t24-,25+,26+,27+/m0/s1. The number of ether oxygens (including phenoxy) is 1. The van der Waals surface area contributed by atoms with E-state index in [1.54, 1.807) is 0 Å². The van der Waals surface area contributed by atoms with E-state index >= 15 is 0 Å². The minimum Gasteiger partial charge on any atom is -0.462 e. The molecule has 2 N–H and O–H groups in total. The Kier molecular flexibility index (Phi) is 6.34. The van der Waals surface area contributed by atoms with Crippen LogP contribution in [0.15, 0.2) is 54.6 Å². The summed E-state index contributed by atoms with van der Waals surface area (Å²) in [7, 11) is 0. The van der Waals surface area contributed by atoms with E-state index in [4.69, 9.17) is 4.74 Å². The SMILES string of the molecule is O=C(c1ccc(C[C@@H]2CC[C@H]([C@H](O)c3ccccc3)N2)cc1)N1CCC2(CC1)C[C@H](C1CC1)OC2=O. The molecule has 3 aliphatic heterocycles. The first-order valence-electron chi connectivity index (χ1n) is 13.6. The lowest BCUT2D eigenvalue weighted by Crippen LogP contribution is -2.45. The van der Waals surface area contributed by atoms with Crippen LogP contribution in [0.5, 0.6) is 0 Å². The number of benzene rings is 2. The van der Waals surface area contributed by atoms with Crippen molar-refractivity contribution in [1.29, 1.82) is 0 Å². The van der Waals surface area contributed by atoms with Crippen molar-refractivity contribution in [3.8, 4) is 0 Å². The van der Waals surface area contributed by atoms with Crippen LogP contribution in [-0.2, 0) is 16.0 Å². The first-order valence-corrected chi connectivity index (χ1v) is 13.6. The number of esters is 1. The van der Waals surface area contributed by atoms with E-state index in [0.717, 1.165) is 31.2 Å². The molecular weight excluding hydrogens is 452 g/mol. The van der Waals surface area contributed by atoms with Crippen LogP contribution in [0.4, 0.5) is 0 Å². The molecule has 4 atom stereocenters. The van der Waals surface area contributed by atoms with Gasteiger partial charge in [0.2, 0.25) is 0 Å². The first kappa shape index (κ1) is 23.7. The van der Waals surface area contributed by atoms with E-state index in [0.29, 0.717) is 43.5 Å². The van der Waals surface area contributed by atoms with Crippen molar-refractivity contribution in [2.24, 2.45) is 11.3 Å². The molecule has 36 heavy (non-hydrogen) atoms. The molecular formula is C30H36N2O4. The molecule has 4 fully saturated rings. The predicted molar refractivity (Wildman–Crippen MR) is 136 cm³/mol. The Morgan fingerprint density at radius 2 is 1.75 bits per heavy atom. The molecule has 2 aromatic carbocycles. The van der Waals surface area contributed by atoms with E-state index in [2.05, 4.69) is 17.4 Å². The smallest absolute Gasteiger partial charge is 0.312 e. The summed E-state index contributed by atoms with van der Waals surface area (Å²) in [5, 5.41) is 14.3. The highest BCUT2D eigenvalue weighted by Crippen LogP contribution is 2.49. The number of cyclic esters (lactones) is 1. The van der Waals surface area contributed by atoms with Crippen LogP contribution in [0.3, 0.4) is 0 Å². The summed E-state index contributed by atoms with van der Waals surface area (Å²) in [6.07, 6.45) is 7.09. The molecule has 190 valence electrons. The average molecular weight is 489 g/mol. The maximum atomic E-state index is 13.1. The third kappa shape index (κ3) is 4.69. The molecule has 0 aromatic heterocycles. The summed E-state index contributed by atoms with van der Waals surface area (Å²) in [5.41, 5.74) is 2.48. The Balaban J connectivity index is 1.01. The van der Waals surface area contributed by atoms with Gasteiger partial charge in [0.15, 0.2) is 0 Å². The third-order valence-corrected chi connectivity index (χ3v) is 8.92. The number of amides is 1. The molecule has 1 saturated carbocycles. The molecule has 0 radical (unpaired) electrons. The van der Waals surface area contributed by atoms with Crippen molar-refractivity contribution in [2.75, 3.05) is 13.1 Å². The number of hydrogen-bond acceptors (Lipinski definition) is 5. The Hall–Kier alpha value is -2.70. The molecule has 1 amide bonds. The monoisotopic (exact) mass is 488 g/mol. The zero-order valence-corrected chi connectivity index (χ0v) is 20.8. The molecule has 0 bridgehead atoms. The van der Waals surface area contributed by atoms with Crippen molar-refractivity contribution in [2.45, 2.75) is 75.7 Å². The van der Waals surface area contributed by atoms with E-state index in [9.17, 15) is 14.7 Å². The number of nitrogens with zero attached hydrogens (tertiary/aromatic N) is 1. The number of piperidine rings is 1. The number of carbonyl (C=O) groups excluding carboxylic acids is 2. The van der Waals surface area contributed by atoms with Gasteiger partial charge in [0.25, 0.3) is 5.91 Å². The molecule has 1 spiro atoms. The van der Waals surface area contributed by atoms with Gasteiger partial charge in [0, 0.05) is 37.2 Å². The van der Waals surface area contributed by atoms with Crippen LogP contribution in [0.1, 0.15) is 72.5 Å². The molecule has 2 aromatic rings. The summed E-state index contributed by atoms with van der Waals surface area (Å²) in [5.74, 6) is 0.590. The maximum absolute atomic E-state index is 13.1. The number of nitrogens with one attached hydrogen (secondary N) is 1. The fourth-order valence-electron chi connectivity index (χ4n) is 6.44. The summed E-state index contributed by atoms with van der Waals surface area (Å²) in [6, 6.07) is 18.2. The van der Waals surface area contributed by atoms with Gasteiger partial charge in [-0.3, -0.25) is 9.59 Å². The van der Waals surface area contributed by atoms with Gasteiger partial charge in [-0.15, -0.1) is 0 Å². The van der Waals surface area contributed by atoms with E-state index in [1.165, 1.54) is 18.4 Å². The zero-order chi connectivity index (χ0) is 24.7. The summed E-state index contributed by atoms with van der Waals surface area (Å²) in [6.45, 7) is 1.23. The number of hydrogen-bond donors (Lipinski definition) is 2. The number of carbonyl (C=O) groups is 2. The molecule has 3 saturated heterocycles. The largest absolute Gasteiger partial charge is 0.462 e. The van der Waals surface area contributed by atoms with Crippen molar-refractivity contribution in [3.63, 3.8) is 0 Å². The van der Waals surface area contributed by atoms with Gasteiger partial charge < -0.3 is 20.1 Å². The van der Waals surface area contributed by atoms with Gasteiger partial charge in [0.05, 0.1) is 11.5 Å². The summed E-state index contributed by atoms with van der Waals surface area (Å²) < 4.78 is 5.71. The second-order valence-electron chi connectivity index (χ2n) is 11.4. The quantitative estimate of drug-likeness (QED) is 0.601. The third-order valence-electron chi connectivity index (χ3n) is 8.92. The van der Waals surface area contributed by atoms with Crippen molar-refractivity contribution >= 4 is 11.9 Å². The van der Waals surface area contributed by atoms with Gasteiger partial charge in [-0.05, 0) is 74.1 Å². The van der Waals surface area contributed by atoms with Gasteiger partial charge in [-0.2, -0.15) is 0 Å².